The number of aromatic nitrogens is 1. The highest BCUT2D eigenvalue weighted by Crippen LogP contribution is 2.34. The molecule has 2 aromatic carbocycles. The van der Waals surface area contributed by atoms with E-state index in [1.807, 2.05) is 54.6 Å². The second kappa shape index (κ2) is 7.75. The Morgan fingerprint density at radius 1 is 0.958 bits per heavy atom. The van der Waals surface area contributed by atoms with E-state index >= 15 is 0 Å². The van der Waals surface area contributed by atoms with Crippen molar-refractivity contribution in [2.45, 2.75) is 25.6 Å². The van der Waals surface area contributed by atoms with Crippen LogP contribution in [0.1, 0.15) is 25.0 Å². The van der Waals surface area contributed by atoms with Gasteiger partial charge in [0, 0.05) is 29.9 Å². The molecule has 24 heavy (non-hydrogen) atoms. The molecule has 3 heteroatoms. The standard InChI is InChI=1S/C21H21NO2/c1-16(23)14-21(18-10-7-13-22-15-18)24-20-12-6-5-11-19(20)17-8-3-2-4-9-17/h2-13,15-16,21,23H,14H2,1H3. The maximum Gasteiger partial charge on any atom is 0.128 e. The van der Waals surface area contributed by atoms with Gasteiger partial charge >= 0.3 is 0 Å². The van der Waals surface area contributed by atoms with E-state index in [4.69, 9.17) is 4.74 Å². The van der Waals surface area contributed by atoms with Crippen molar-refractivity contribution in [3.8, 4) is 16.9 Å². The van der Waals surface area contributed by atoms with Crippen LogP contribution in [0.4, 0.5) is 0 Å². The topological polar surface area (TPSA) is 42.4 Å². The normalized spacial score (nSPS) is 13.2. The van der Waals surface area contributed by atoms with Gasteiger partial charge in [0.25, 0.3) is 0 Å². The molecule has 1 aromatic heterocycles. The van der Waals surface area contributed by atoms with Crippen LogP contribution in [0.25, 0.3) is 11.1 Å². The Hall–Kier alpha value is -2.65. The summed E-state index contributed by atoms with van der Waals surface area (Å²) in [7, 11) is 0. The van der Waals surface area contributed by atoms with E-state index in [0.29, 0.717) is 6.42 Å². The van der Waals surface area contributed by atoms with Gasteiger partial charge in [-0.2, -0.15) is 0 Å². The first-order valence-electron chi connectivity index (χ1n) is 8.13. The third kappa shape index (κ3) is 4.00. The molecule has 2 unspecified atom stereocenters. The van der Waals surface area contributed by atoms with Gasteiger partial charge in [0.15, 0.2) is 0 Å². The summed E-state index contributed by atoms with van der Waals surface area (Å²) in [5.74, 6) is 0.804. The number of aliphatic hydroxyl groups excluding tert-OH is 1. The quantitative estimate of drug-likeness (QED) is 0.719. The Labute approximate surface area is 142 Å². The Morgan fingerprint density at radius 2 is 1.71 bits per heavy atom. The number of rotatable bonds is 6. The molecule has 0 aliphatic carbocycles. The van der Waals surface area contributed by atoms with E-state index in [0.717, 1.165) is 22.4 Å². The van der Waals surface area contributed by atoms with E-state index in [9.17, 15) is 5.11 Å². The molecule has 0 amide bonds. The number of aliphatic hydroxyl groups is 1. The first-order valence-corrected chi connectivity index (χ1v) is 8.13. The van der Waals surface area contributed by atoms with Crippen molar-refractivity contribution in [3.63, 3.8) is 0 Å². The molecule has 1 N–H and O–H groups in total. The van der Waals surface area contributed by atoms with Crippen LogP contribution in [0.15, 0.2) is 79.1 Å². The smallest absolute Gasteiger partial charge is 0.128 e. The number of hydrogen-bond acceptors (Lipinski definition) is 3. The van der Waals surface area contributed by atoms with Gasteiger partial charge < -0.3 is 9.84 Å². The number of nitrogens with zero attached hydrogens (tertiary/aromatic N) is 1. The van der Waals surface area contributed by atoms with Gasteiger partial charge in [-0.3, -0.25) is 4.98 Å². The Bertz CT molecular complexity index is 757. The zero-order valence-electron chi connectivity index (χ0n) is 13.7. The molecule has 1 heterocycles. The van der Waals surface area contributed by atoms with Gasteiger partial charge in [0.05, 0.1) is 6.10 Å². The van der Waals surface area contributed by atoms with E-state index < -0.39 is 6.10 Å². The first-order chi connectivity index (χ1) is 11.7. The molecule has 0 fully saturated rings. The molecule has 0 saturated heterocycles. The van der Waals surface area contributed by atoms with Crippen molar-refractivity contribution in [3.05, 3.63) is 84.7 Å². The summed E-state index contributed by atoms with van der Waals surface area (Å²) in [6, 6.07) is 22.0. The number of pyridine rings is 1. The van der Waals surface area contributed by atoms with Crippen LogP contribution in [0.2, 0.25) is 0 Å². The Balaban J connectivity index is 1.93. The second-order valence-electron chi connectivity index (χ2n) is 5.84. The summed E-state index contributed by atoms with van der Waals surface area (Å²) in [6.07, 6.45) is 3.33. The highest BCUT2D eigenvalue weighted by atomic mass is 16.5. The lowest BCUT2D eigenvalue weighted by Gasteiger charge is -2.22. The minimum absolute atomic E-state index is 0.247. The Morgan fingerprint density at radius 3 is 2.42 bits per heavy atom. The van der Waals surface area contributed by atoms with Crippen LogP contribution in [-0.2, 0) is 0 Å². The summed E-state index contributed by atoms with van der Waals surface area (Å²) in [4.78, 5) is 4.17. The molecular weight excluding hydrogens is 298 g/mol. The highest BCUT2D eigenvalue weighted by Gasteiger charge is 2.18. The van der Waals surface area contributed by atoms with Gasteiger partial charge in [0.1, 0.15) is 11.9 Å². The van der Waals surface area contributed by atoms with E-state index in [-0.39, 0.29) is 6.10 Å². The zero-order chi connectivity index (χ0) is 16.8. The highest BCUT2D eigenvalue weighted by molar-refractivity contribution is 5.70. The second-order valence-corrected chi connectivity index (χ2v) is 5.84. The van der Waals surface area contributed by atoms with Gasteiger partial charge in [-0.1, -0.05) is 54.6 Å². The van der Waals surface area contributed by atoms with Crippen LogP contribution in [0, 0.1) is 0 Å². The fourth-order valence-electron chi connectivity index (χ4n) is 2.71. The number of para-hydroxylation sites is 1. The first kappa shape index (κ1) is 16.2. The summed E-state index contributed by atoms with van der Waals surface area (Å²) >= 11 is 0. The van der Waals surface area contributed by atoms with Crippen LogP contribution >= 0.6 is 0 Å². The van der Waals surface area contributed by atoms with Gasteiger partial charge in [-0.25, -0.2) is 0 Å². The molecule has 2 atom stereocenters. The molecule has 122 valence electrons. The zero-order valence-corrected chi connectivity index (χ0v) is 13.7. The average molecular weight is 319 g/mol. The third-order valence-corrected chi connectivity index (χ3v) is 3.85. The minimum atomic E-state index is -0.459. The van der Waals surface area contributed by atoms with Gasteiger partial charge in [-0.05, 0) is 24.6 Å². The molecule has 3 aromatic rings. The van der Waals surface area contributed by atoms with E-state index in [1.165, 1.54) is 0 Å². The van der Waals surface area contributed by atoms with Crippen molar-refractivity contribution in [2.75, 3.05) is 0 Å². The van der Waals surface area contributed by atoms with Crippen molar-refractivity contribution in [2.24, 2.45) is 0 Å². The molecule has 3 nitrogen and oxygen atoms in total. The number of ether oxygens (including phenoxy) is 1. The number of benzene rings is 2. The van der Waals surface area contributed by atoms with Gasteiger partial charge in [0.2, 0.25) is 0 Å². The minimum Gasteiger partial charge on any atom is -0.485 e. The summed E-state index contributed by atoms with van der Waals surface area (Å²) in [6.45, 7) is 1.77. The number of hydrogen-bond donors (Lipinski definition) is 1. The maximum absolute atomic E-state index is 9.85. The summed E-state index contributed by atoms with van der Waals surface area (Å²) in [5.41, 5.74) is 3.11. The summed E-state index contributed by atoms with van der Waals surface area (Å²) in [5, 5.41) is 9.85. The van der Waals surface area contributed by atoms with Crippen LogP contribution in [0.3, 0.4) is 0 Å². The molecule has 0 radical (unpaired) electrons. The molecule has 0 saturated carbocycles. The lowest BCUT2D eigenvalue weighted by Crippen LogP contribution is -2.15. The van der Waals surface area contributed by atoms with Crippen molar-refractivity contribution < 1.29 is 9.84 Å². The molecule has 0 aliphatic rings. The van der Waals surface area contributed by atoms with E-state index in [1.54, 1.807) is 19.3 Å². The van der Waals surface area contributed by atoms with Crippen molar-refractivity contribution in [1.29, 1.82) is 0 Å². The van der Waals surface area contributed by atoms with Crippen LogP contribution in [0.5, 0.6) is 5.75 Å². The predicted molar refractivity (Wildman–Crippen MR) is 95.8 cm³/mol. The van der Waals surface area contributed by atoms with E-state index in [2.05, 4.69) is 17.1 Å². The lowest BCUT2D eigenvalue weighted by molar-refractivity contribution is 0.106. The molecular formula is C21H21NO2. The van der Waals surface area contributed by atoms with Gasteiger partial charge in [-0.15, -0.1) is 0 Å². The van der Waals surface area contributed by atoms with Crippen LogP contribution < -0.4 is 4.74 Å². The molecule has 0 bridgehead atoms. The predicted octanol–water partition coefficient (Wildman–Crippen LogP) is 4.64. The Kier molecular flexibility index (Phi) is 5.24. The molecule has 3 rings (SSSR count). The third-order valence-electron chi connectivity index (χ3n) is 3.85. The fraction of sp³-hybridized carbons (Fsp3) is 0.190. The average Bonchev–Trinajstić information content (AvgIpc) is 2.63. The lowest BCUT2D eigenvalue weighted by atomic mass is 10.0. The largest absolute Gasteiger partial charge is 0.485 e. The van der Waals surface area contributed by atoms with Crippen molar-refractivity contribution >= 4 is 0 Å². The van der Waals surface area contributed by atoms with Crippen LogP contribution in [-0.4, -0.2) is 16.2 Å². The summed E-state index contributed by atoms with van der Waals surface area (Å²) < 4.78 is 6.30. The fourth-order valence-corrected chi connectivity index (χ4v) is 2.71. The SMILES string of the molecule is CC(O)CC(Oc1ccccc1-c1ccccc1)c1cccnc1. The molecule has 0 aliphatic heterocycles. The maximum atomic E-state index is 9.85. The molecule has 0 spiro atoms. The van der Waals surface area contributed by atoms with Crippen molar-refractivity contribution in [1.82, 2.24) is 4.98 Å². The monoisotopic (exact) mass is 319 g/mol.